The summed E-state index contributed by atoms with van der Waals surface area (Å²) >= 11 is 3.47. The van der Waals surface area contributed by atoms with E-state index in [1.54, 1.807) is 0 Å². The van der Waals surface area contributed by atoms with E-state index in [0.717, 1.165) is 15.8 Å². The molecule has 0 aromatic heterocycles. The van der Waals surface area contributed by atoms with E-state index >= 15 is 0 Å². The molecule has 23 heavy (non-hydrogen) atoms. The van der Waals surface area contributed by atoms with Crippen LogP contribution in [-0.2, 0) is 5.41 Å². The Morgan fingerprint density at radius 3 is 2.17 bits per heavy atom. The third-order valence-electron chi connectivity index (χ3n) is 4.72. The fourth-order valence-electron chi connectivity index (χ4n) is 3.50. The average molecular weight is 364 g/mol. The van der Waals surface area contributed by atoms with Crippen molar-refractivity contribution >= 4 is 27.3 Å². The molecule has 1 nitrogen and oxygen atoms in total. The van der Waals surface area contributed by atoms with Gasteiger partial charge in [-0.05, 0) is 58.7 Å². The molecular weight excluding hydrogens is 346 g/mol. The predicted molar refractivity (Wildman–Crippen MR) is 101 cm³/mol. The first-order chi connectivity index (χ1) is 11.1. The fourth-order valence-corrected chi connectivity index (χ4v) is 3.76. The molecule has 0 radical (unpaired) electrons. The number of rotatable bonds is 2. The van der Waals surface area contributed by atoms with Gasteiger partial charge in [0.1, 0.15) is 0 Å². The lowest BCUT2D eigenvalue weighted by Gasteiger charge is -2.21. The molecule has 0 aliphatic heterocycles. The van der Waals surface area contributed by atoms with E-state index in [2.05, 4.69) is 89.7 Å². The van der Waals surface area contributed by atoms with Crippen molar-refractivity contribution in [3.05, 3.63) is 82.3 Å². The maximum Gasteiger partial charge on any atom is 0.0390 e. The number of hydrogen-bond acceptors (Lipinski definition) is 1. The normalized spacial score (nSPS) is 14.2. The summed E-state index contributed by atoms with van der Waals surface area (Å²) in [6.45, 7) is 4.61. The van der Waals surface area contributed by atoms with E-state index in [0.29, 0.717) is 0 Å². The van der Waals surface area contributed by atoms with Gasteiger partial charge in [-0.3, -0.25) is 0 Å². The quantitative estimate of drug-likeness (QED) is 0.547. The first-order valence-electron chi connectivity index (χ1n) is 7.83. The summed E-state index contributed by atoms with van der Waals surface area (Å²) in [6.07, 6.45) is 0. The molecule has 0 fully saturated rings. The van der Waals surface area contributed by atoms with Crippen LogP contribution in [0.4, 0.5) is 11.4 Å². The first kappa shape index (κ1) is 14.5. The van der Waals surface area contributed by atoms with E-state index < -0.39 is 0 Å². The SMILES string of the molecule is CC1(C)c2ccccc2-c2cc(Nc3ccc(Br)cc3)ccc21. The zero-order valence-electron chi connectivity index (χ0n) is 13.2. The number of hydrogen-bond donors (Lipinski definition) is 1. The van der Waals surface area contributed by atoms with Gasteiger partial charge >= 0.3 is 0 Å². The van der Waals surface area contributed by atoms with Gasteiger partial charge in [0.05, 0.1) is 0 Å². The van der Waals surface area contributed by atoms with Crippen LogP contribution >= 0.6 is 15.9 Å². The Labute approximate surface area is 145 Å². The summed E-state index contributed by atoms with van der Waals surface area (Å²) in [4.78, 5) is 0. The van der Waals surface area contributed by atoms with E-state index in [1.165, 1.54) is 22.3 Å². The lowest BCUT2D eigenvalue weighted by atomic mass is 9.82. The largest absolute Gasteiger partial charge is 0.356 e. The molecule has 0 saturated heterocycles. The molecule has 1 aliphatic carbocycles. The van der Waals surface area contributed by atoms with Crippen molar-refractivity contribution in [1.82, 2.24) is 0 Å². The first-order valence-corrected chi connectivity index (χ1v) is 8.62. The Morgan fingerprint density at radius 1 is 0.739 bits per heavy atom. The molecule has 2 heteroatoms. The minimum atomic E-state index is 0.0715. The van der Waals surface area contributed by atoms with Gasteiger partial charge in [0, 0.05) is 21.3 Å². The number of halogens is 1. The number of fused-ring (bicyclic) bond motifs is 3. The zero-order chi connectivity index (χ0) is 16.0. The lowest BCUT2D eigenvalue weighted by Crippen LogP contribution is -2.14. The monoisotopic (exact) mass is 363 g/mol. The highest BCUT2D eigenvalue weighted by atomic mass is 79.9. The summed E-state index contributed by atoms with van der Waals surface area (Å²) < 4.78 is 1.09. The van der Waals surface area contributed by atoms with Gasteiger partial charge in [0.25, 0.3) is 0 Å². The molecule has 0 saturated carbocycles. The van der Waals surface area contributed by atoms with Crippen LogP contribution in [-0.4, -0.2) is 0 Å². The van der Waals surface area contributed by atoms with Gasteiger partial charge in [0.2, 0.25) is 0 Å². The highest BCUT2D eigenvalue weighted by Gasteiger charge is 2.34. The molecule has 114 valence electrons. The summed E-state index contributed by atoms with van der Waals surface area (Å²) in [5.74, 6) is 0. The number of benzene rings is 3. The highest BCUT2D eigenvalue weighted by Crippen LogP contribution is 2.49. The van der Waals surface area contributed by atoms with Crippen LogP contribution in [0.5, 0.6) is 0 Å². The van der Waals surface area contributed by atoms with Crippen LogP contribution in [0.2, 0.25) is 0 Å². The topological polar surface area (TPSA) is 12.0 Å². The van der Waals surface area contributed by atoms with Crippen LogP contribution in [0.1, 0.15) is 25.0 Å². The summed E-state index contributed by atoms with van der Waals surface area (Å²) in [5, 5.41) is 3.50. The van der Waals surface area contributed by atoms with E-state index in [1.807, 2.05) is 12.1 Å². The van der Waals surface area contributed by atoms with Crippen LogP contribution in [0.25, 0.3) is 11.1 Å². The second-order valence-electron chi connectivity index (χ2n) is 6.56. The van der Waals surface area contributed by atoms with Gasteiger partial charge in [-0.1, -0.05) is 60.1 Å². The van der Waals surface area contributed by atoms with Crippen molar-refractivity contribution in [2.45, 2.75) is 19.3 Å². The third kappa shape index (κ3) is 2.38. The average Bonchev–Trinajstić information content (AvgIpc) is 2.78. The van der Waals surface area contributed by atoms with Crippen molar-refractivity contribution < 1.29 is 0 Å². The molecule has 0 atom stereocenters. The van der Waals surface area contributed by atoms with Crippen LogP contribution < -0.4 is 5.32 Å². The third-order valence-corrected chi connectivity index (χ3v) is 5.25. The Bertz CT molecular complexity index is 879. The number of anilines is 2. The Hall–Kier alpha value is -2.06. The van der Waals surface area contributed by atoms with Crippen LogP contribution in [0, 0.1) is 0 Å². The molecule has 4 rings (SSSR count). The van der Waals surface area contributed by atoms with Gasteiger partial charge in [-0.2, -0.15) is 0 Å². The molecule has 0 spiro atoms. The summed E-state index contributed by atoms with van der Waals surface area (Å²) in [6, 6.07) is 23.7. The van der Waals surface area contributed by atoms with E-state index in [-0.39, 0.29) is 5.41 Å². The smallest absolute Gasteiger partial charge is 0.0390 e. The summed E-state index contributed by atoms with van der Waals surface area (Å²) in [7, 11) is 0. The summed E-state index contributed by atoms with van der Waals surface area (Å²) in [5.41, 5.74) is 7.80. The maximum absolute atomic E-state index is 3.50. The predicted octanol–water partition coefficient (Wildman–Crippen LogP) is 6.50. The maximum atomic E-state index is 3.50. The lowest BCUT2D eigenvalue weighted by molar-refractivity contribution is 0.660. The second-order valence-corrected chi connectivity index (χ2v) is 7.48. The molecule has 3 aromatic rings. The molecule has 1 aliphatic rings. The number of nitrogens with one attached hydrogen (secondary N) is 1. The molecule has 0 heterocycles. The molecular formula is C21H18BrN. The molecule has 0 bridgehead atoms. The van der Waals surface area contributed by atoms with E-state index in [4.69, 9.17) is 0 Å². The van der Waals surface area contributed by atoms with Crippen molar-refractivity contribution in [1.29, 1.82) is 0 Å². The second kappa shape index (κ2) is 5.24. The Balaban J connectivity index is 1.77. The van der Waals surface area contributed by atoms with Gasteiger partial charge in [-0.25, -0.2) is 0 Å². The standard InChI is InChI=1S/C21H18BrN/c1-21(2)19-6-4-3-5-17(19)18-13-16(11-12-20(18)21)23-15-9-7-14(22)8-10-15/h3-13,23H,1-2H3. The van der Waals surface area contributed by atoms with Gasteiger partial charge in [0.15, 0.2) is 0 Å². The molecule has 0 amide bonds. The zero-order valence-corrected chi connectivity index (χ0v) is 14.8. The highest BCUT2D eigenvalue weighted by molar-refractivity contribution is 9.10. The molecule has 3 aromatic carbocycles. The Kier molecular flexibility index (Phi) is 3.31. The van der Waals surface area contributed by atoms with Crippen molar-refractivity contribution in [2.75, 3.05) is 5.32 Å². The molecule has 1 N–H and O–H groups in total. The minimum absolute atomic E-state index is 0.0715. The van der Waals surface area contributed by atoms with Gasteiger partial charge < -0.3 is 5.32 Å². The Morgan fingerprint density at radius 2 is 1.39 bits per heavy atom. The van der Waals surface area contributed by atoms with Crippen LogP contribution in [0.15, 0.2) is 71.2 Å². The van der Waals surface area contributed by atoms with Gasteiger partial charge in [-0.15, -0.1) is 0 Å². The van der Waals surface area contributed by atoms with Crippen LogP contribution in [0.3, 0.4) is 0 Å². The fraction of sp³-hybridized carbons (Fsp3) is 0.143. The van der Waals surface area contributed by atoms with Crippen molar-refractivity contribution in [3.8, 4) is 11.1 Å². The van der Waals surface area contributed by atoms with Crippen molar-refractivity contribution in [2.24, 2.45) is 0 Å². The van der Waals surface area contributed by atoms with Crippen molar-refractivity contribution in [3.63, 3.8) is 0 Å². The van der Waals surface area contributed by atoms with E-state index in [9.17, 15) is 0 Å². The minimum Gasteiger partial charge on any atom is -0.356 e. The molecule has 0 unspecified atom stereocenters.